The summed E-state index contributed by atoms with van der Waals surface area (Å²) in [5.74, 6) is -0.315. The maximum absolute atomic E-state index is 14.0. The van der Waals surface area contributed by atoms with Gasteiger partial charge >= 0.3 is 0 Å². The summed E-state index contributed by atoms with van der Waals surface area (Å²) in [7, 11) is 0. The molecule has 0 N–H and O–H groups in total. The van der Waals surface area contributed by atoms with E-state index < -0.39 is 0 Å². The number of rotatable bonds is 4. The SMILES string of the molecule is Fc1c(I)cc(-c2ccc(Cc3ccc(-c4cc(I)c(F)c(I)c4)c(I)c3)cc2I)cc1I. The molecule has 0 amide bonds. The molecule has 0 bridgehead atoms. The van der Waals surface area contributed by atoms with E-state index in [0.717, 1.165) is 35.8 Å². The molecule has 0 aliphatic heterocycles. The normalized spacial score (nSPS) is 11.2. The van der Waals surface area contributed by atoms with Crippen LogP contribution >= 0.6 is 136 Å². The van der Waals surface area contributed by atoms with Crippen molar-refractivity contribution in [3.05, 3.63) is 105 Å². The smallest absolute Gasteiger partial charge is 0.149 e. The third-order valence-electron chi connectivity index (χ3n) is 5.06. The van der Waals surface area contributed by atoms with Crippen molar-refractivity contribution in [1.29, 1.82) is 0 Å². The van der Waals surface area contributed by atoms with E-state index in [1.54, 1.807) is 0 Å². The summed E-state index contributed by atoms with van der Waals surface area (Å²) in [4.78, 5) is 0. The van der Waals surface area contributed by atoms with Crippen molar-refractivity contribution in [3.63, 3.8) is 0 Å². The van der Waals surface area contributed by atoms with Crippen molar-refractivity contribution in [1.82, 2.24) is 0 Å². The molecule has 0 saturated carbocycles. The Hall–Kier alpha value is 1.12. The van der Waals surface area contributed by atoms with Gasteiger partial charge in [0.25, 0.3) is 0 Å². The second-order valence-electron chi connectivity index (χ2n) is 7.31. The van der Waals surface area contributed by atoms with Crippen LogP contribution in [0.15, 0.2) is 60.7 Å². The summed E-state index contributed by atoms with van der Waals surface area (Å²) in [5.41, 5.74) is 6.74. The van der Waals surface area contributed by atoms with Crippen LogP contribution in [0.2, 0.25) is 0 Å². The van der Waals surface area contributed by atoms with Crippen molar-refractivity contribution in [3.8, 4) is 22.3 Å². The molecular formula is C25H12F2I6. The Labute approximate surface area is 273 Å². The summed E-state index contributed by atoms with van der Waals surface area (Å²) in [6, 6.07) is 20.5. The molecule has 0 aromatic heterocycles. The molecule has 0 aliphatic rings. The Morgan fingerprint density at radius 3 is 1.09 bits per heavy atom. The van der Waals surface area contributed by atoms with Crippen molar-refractivity contribution in [2.45, 2.75) is 6.42 Å². The number of benzene rings is 4. The zero-order valence-corrected chi connectivity index (χ0v) is 29.4. The molecule has 168 valence electrons. The van der Waals surface area contributed by atoms with Gasteiger partial charge in [0.05, 0.1) is 14.3 Å². The number of hydrogen-bond donors (Lipinski definition) is 0. The topological polar surface area (TPSA) is 0 Å². The standard InChI is InChI=1S/C25H12F2I6/c26-24-20(30)8-14(9-21(24)31)16-3-1-12(6-18(16)28)5-13-2-4-17(19(29)7-13)15-10-22(32)25(27)23(33)11-15/h1-4,6-11H,5H2. The van der Waals surface area contributed by atoms with E-state index in [-0.39, 0.29) is 11.6 Å². The Kier molecular flexibility index (Phi) is 9.60. The number of halogens is 8. The van der Waals surface area contributed by atoms with Crippen LogP contribution in [0, 0.1) is 33.1 Å². The summed E-state index contributed by atoms with van der Waals surface area (Å²) in [6.07, 6.45) is 0.823. The van der Waals surface area contributed by atoms with E-state index in [1.165, 1.54) is 11.1 Å². The van der Waals surface area contributed by atoms with Crippen molar-refractivity contribution in [2.24, 2.45) is 0 Å². The minimum absolute atomic E-state index is 0.158. The summed E-state index contributed by atoms with van der Waals surface area (Å²) in [5, 5.41) is 0. The first-order chi connectivity index (χ1) is 15.6. The molecule has 0 spiro atoms. The summed E-state index contributed by atoms with van der Waals surface area (Å²) in [6.45, 7) is 0. The van der Waals surface area contributed by atoms with Gasteiger partial charge in [0.2, 0.25) is 0 Å². The van der Waals surface area contributed by atoms with Gasteiger partial charge in [-0.3, -0.25) is 0 Å². The summed E-state index contributed by atoms with van der Waals surface area (Å²) < 4.78 is 32.9. The lowest BCUT2D eigenvalue weighted by Crippen LogP contribution is -1.95. The second kappa shape index (κ2) is 11.7. The van der Waals surface area contributed by atoms with Gasteiger partial charge in [-0.2, -0.15) is 0 Å². The molecule has 4 rings (SSSR count). The Balaban J connectivity index is 1.60. The molecular weight excluding hydrogens is 1100 g/mol. The fourth-order valence-electron chi connectivity index (χ4n) is 3.46. The number of hydrogen-bond acceptors (Lipinski definition) is 0. The first-order valence-electron chi connectivity index (χ1n) is 9.50. The summed E-state index contributed by atoms with van der Waals surface area (Å²) >= 11 is 12.9. The van der Waals surface area contributed by atoms with Crippen LogP contribution < -0.4 is 0 Å². The average Bonchev–Trinajstić information content (AvgIpc) is 2.75. The molecule has 0 atom stereocenters. The third kappa shape index (κ3) is 6.34. The van der Waals surface area contributed by atoms with E-state index in [0.29, 0.717) is 14.3 Å². The highest BCUT2D eigenvalue weighted by atomic mass is 127. The first-order valence-corrected chi connectivity index (χ1v) is 16.0. The van der Waals surface area contributed by atoms with Crippen LogP contribution in [0.4, 0.5) is 8.78 Å². The fraction of sp³-hybridized carbons (Fsp3) is 0.0400. The van der Waals surface area contributed by atoms with Gasteiger partial charge in [-0.25, -0.2) is 8.78 Å². The van der Waals surface area contributed by atoms with Gasteiger partial charge in [-0.1, -0.05) is 24.3 Å². The van der Waals surface area contributed by atoms with Crippen molar-refractivity contribution < 1.29 is 8.78 Å². The predicted molar refractivity (Wildman–Crippen MR) is 183 cm³/mol. The lowest BCUT2D eigenvalue weighted by molar-refractivity contribution is 0.612. The van der Waals surface area contributed by atoms with Gasteiger partial charge in [-0.15, -0.1) is 0 Å². The zero-order chi connectivity index (χ0) is 23.9. The molecule has 0 unspecified atom stereocenters. The minimum Gasteiger partial charge on any atom is -0.205 e. The molecule has 0 nitrogen and oxygen atoms in total. The Morgan fingerprint density at radius 1 is 0.455 bits per heavy atom. The minimum atomic E-state index is -0.158. The monoisotopic (exact) mass is 1110 g/mol. The molecule has 33 heavy (non-hydrogen) atoms. The van der Waals surface area contributed by atoms with Gasteiger partial charge in [0.15, 0.2) is 0 Å². The molecule has 0 radical (unpaired) electrons. The molecule has 4 aromatic rings. The lowest BCUT2D eigenvalue weighted by Gasteiger charge is -2.12. The van der Waals surface area contributed by atoms with Crippen molar-refractivity contribution in [2.75, 3.05) is 0 Å². The third-order valence-corrected chi connectivity index (χ3v) is 9.99. The van der Waals surface area contributed by atoms with Gasteiger partial charge in [0, 0.05) is 7.14 Å². The van der Waals surface area contributed by atoms with E-state index >= 15 is 0 Å². The van der Waals surface area contributed by atoms with Gasteiger partial charge in [0.1, 0.15) is 11.6 Å². The Bertz CT molecular complexity index is 1230. The molecule has 4 aromatic carbocycles. The molecule has 0 fully saturated rings. The highest BCUT2D eigenvalue weighted by Crippen LogP contribution is 2.33. The zero-order valence-electron chi connectivity index (χ0n) is 16.5. The lowest BCUT2D eigenvalue weighted by atomic mass is 9.98. The van der Waals surface area contributed by atoms with E-state index in [2.05, 4.69) is 81.6 Å². The predicted octanol–water partition coefficient (Wildman–Crippen LogP) is 10.5. The maximum Gasteiger partial charge on any atom is 0.149 e. The highest BCUT2D eigenvalue weighted by Gasteiger charge is 2.13. The molecule has 0 aliphatic carbocycles. The van der Waals surface area contributed by atoms with Crippen LogP contribution in [-0.2, 0) is 6.42 Å². The molecule has 0 saturated heterocycles. The van der Waals surface area contributed by atoms with Crippen LogP contribution in [0.25, 0.3) is 22.3 Å². The maximum atomic E-state index is 14.0. The van der Waals surface area contributed by atoms with Gasteiger partial charge in [-0.05, 0) is 212 Å². The van der Waals surface area contributed by atoms with Crippen LogP contribution in [-0.4, -0.2) is 0 Å². The first kappa shape index (κ1) is 27.2. The van der Waals surface area contributed by atoms with Crippen LogP contribution in [0.5, 0.6) is 0 Å². The largest absolute Gasteiger partial charge is 0.205 e. The second-order valence-corrected chi connectivity index (χ2v) is 14.3. The van der Waals surface area contributed by atoms with Crippen LogP contribution in [0.3, 0.4) is 0 Å². The van der Waals surface area contributed by atoms with E-state index in [9.17, 15) is 8.78 Å². The Morgan fingerprint density at radius 2 is 0.788 bits per heavy atom. The average molecular weight is 1110 g/mol. The van der Waals surface area contributed by atoms with Crippen molar-refractivity contribution >= 4 is 136 Å². The highest BCUT2D eigenvalue weighted by molar-refractivity contribution is 14.1. The fourth-order valence-corrected chi connectivity index (χ4v) is 8.78. The van der Waals surface area contributed by atoms with E-state index in [1.807, 2.05) is 115 Å². The quantitative estimate of drug-likeness (QED) is 0.141. The molecule has 8 heteroatoms. The van der Waals surface area contributed by atoms with E-state index in [4.69, 9.17) is 0 Å². The van der Waals surface area contributed by atoms with Crippen LogP contribution in [0.1, 0.15) is 11.1 Å². The van der Waals surface area contributed by atoms with Gasteiger partial charge < -0.3 is 0 Å². The molecule has 0 heterocycles.